The van der Waals surface area contributed by atoms with Crippen molar-refractivity contribution in [1.82, 2.24) is 9.97 Å². The van der Waals surface area contributed by atoms with Crippen LogP contribution in [0.5, 0.6) is 0 Å². The number of nitro groups is 1. The highest BCUT2D eigenvalue weighted by atomic mass is 35.5. The Morgan fingerprint density at radius 2 is 2.10 bits per heavy atom. The first-order valence-corrected chi connectivity index (χ1v) is 6.14. The van der Waals surface area contributed by atoms with Crippen LogP contribution < -0.4 is 10.6 Å². The third-order valence-corrected chi connectivity index (χ3v) is 2.86. The molecule has 0 unspecified atom stereocenters. The molecule has 2 rings (SSSR count). The van der Waals surface area contributed by atoms with Crippen LogP contribution in [0.2, 0.25) is 5.02 Å². The summed E-state index contributed by atoms with van der Waals surface area (Å²) in [6, 6.07) is 3.98. The van der Waals surface area contributed by atoms with Gasteiger partial charge in [-0.05, 0) is 12.1 Å². The average molecular weight is 308 g/mol. The summed E-state index contributed by atoms with van der Waals surface area (Å²) < 4.78 is 0. The first kappa shape index (κ1) is 14.7. The first-order valence-electron chi connectivity index (χ1n) is 5.76. The van der Waals surface area contributed by atoms with Gasteiger partial charge in [0.05, 0.1) is 17.3 Å². The first-order chi connectivity index (χ1) is 10.0. The molecule has 9 heteroatoms. The van der Waals surface area contributed by atoms with Crippen LogP contribution in [0.1, 0.15) is 10.5 Å². The van der Waals surface area contributed by atoms with Crippen LogP contribution >= 0.6 is 11.6 Å². The number of benzene rings is 1. The van der Waals surface area contributed by atoms with E-state index in [1.165, 1.54) is 30.6 Å². The Morgan fingerprint density at radius 3 is 2.67 bits per heavy atom. The van der Waals surface area contributed by atoms with E-state index in [4.69, 9.17) is 11.6 Å². The summed E-state index contributed by atoms with van der Waals surface area (Å²) in [7, 11) is 1.68. The molecule has 0 bridgehead atoms. The number of nitrogens with zero attached hydrogens (tertiary/aromatic N) is 3. The van der Waals surface area contributed by atoms with Crippen molar-refractivity contribution in [3.8, 4) is 0 Å². The highest BCUT2D eigenvalue weighted by Gasteiger charge is 2.15. The number of hydrogen-bond donors (Lipinski definition) is 2. The van der Waals surface area contributed by atoms with Crippen LogP contribution in [-0.2, 0) is 0 Å². The summed E-state index contributed by atoms with van der Waals surface area (Å²) in [6.45, 7) is 0. The molecule has 1 aromatic carbocycles. The summed E-state index contributed by atoms with van der Waals surface area (Å²) in [4.78, 5) is 30.0. The van der Waals surface area contributed by atoms with Crippen molar-refractivity contribution >= 4 is 34.7 Å². The van der Waals surface area contributed by atoms with Gasteiger partial charge in [0.25, 0.3) is 11.6 Å². The summed E-state index contributed by atoms with van der Waals surface area (Å²) in [5, 5.41) is 16.0. The van der Waals surface area contributed by atoms with Gasteiger partial charge in [-0.15, -0.1) is 0 Å². The molecule has 0 radical (unpaired) electrons. The minimum atomic E-state index is -0.625. The molecule has 1 amide bonds. The monoisotopic (exact) mass is 307 g/mol. The second-order valence-corrected chi connectivity index (χ2v) is 4.32. The summed E-state index contributed by atoms with van der Waals surface area (Å²) in [5.41, 5.74) is 0.0493. The van der Waals surface area contributed by atoms with Gasteiger partial charge in [0.15, 0.2) is 0 Å². The molecule has 2 aromatic rings. The Kier molecular flexibility index (Phi) is 4.29. The van der Waals surface area contributed by atoms with E-state index in [2.05, 4.69) is 20.6 Å². The number of hydrogen-bond acceptors (Lipinski definition) is 6. The number of carbonyl (C=O) groups is 1. The zero-order valence-electron chi connectivity index (χ0n) is 10.8. The van der Waals surface area contributed by atoms with Crippen molar-refractivity contribution in [3.63, 3.8) is 0 Å². The zero-order chi connectivity index (χ0) is 15.4. The molecule has 0 aliphatic carbocycles. The number of aromatic nitrogens is 2. The molecule has 0 saturated carbocycles. The lowest BCUT2D eigenvalue weighted by molar-refractivity contribution is -0.384. The van der Waals surface area contributed by atoms with Gasteiger partial charge >= 0.3 is 0 Å². The van der Waals surface area contributed by atoms with Crippen LogP contribution in [0.25, 0.3) is 0 Å². The second-order valence-electron chi connectivity index (χ2n) is 3.91. The van der Waals surface area contributed by atoms with Gasteiger partial charge in [0, 0.05) is 18.8 Å². The molecular formula is C12H10ClN5O3. The highest BCUT2D eigenvalue weighted by molar-refractivity contribution is 6.32. The Labute approximate surface area is 124 Å². The van der Waals surface area contributed by atoms with E-state index in [0.717, 1.165) is 0 Å². The van der Waals surface area contributed by atoms with Crippen molar-refractivity contribution < 1.29 is 9.72 Å². The van der Waals surface area contributed by atoms with Crippen molar-refractivity contribution in [2.75, 3.05) is 17.7 Å². The normalized spacial score (nSPS) is 10.0. The van der Waals surface area contributed by atoms with Crippen LogP contribution in [0.15, 0.2) is 30.6 Å². The molecule has 0 aliphatic heterocycles. The molecular weight excluding hydrogens is 298 g/mol. The minimum Gasteiger partial charge on any atom is -0.372 e. The Balaban J connectivity index is 2.19. The number of carbonyl (C=O) groups excluding carboxylic acids is 1. The van der Waals surface area contributed by atoms with E-state index in [1.807, 2.05) is 0 Å². The van der Waals surface area contributed by atoms with E-state index in [1.54, 1.807) is 7.05 Å². The molecule has 8 nitrogen and oxygen atoms in total. The fraction of sp³-hybridized carbons (Fsp3) is 0.0833. The molecule has 1 heterocycles. The third kappa shape index (κ3) is 3.42. The second kappa shape index (κ2) is 6.14. The summed E-state index contributed by atoms with van der Waals surface area (Å²) in [5.74, 6) is -0.00421. The quantitative estimate of drug-likeness (QED) is 0.662. The standard InChI is InChI=1S/C12H10ClN5O3/c1-14-11-6-15-9(5-16-11)12(19)17-7-2-3-8(13)10(4-7)18(20)21/h2-6H,1H3,(H,14,16)(H,17,19). The van der Waals surface area contributed by atoms with E-state index in [-0.39, 0.29) is 22.1 Å². The van der Waals surface area contributed by atoms with Crippen LogP contribution in [0, 0.1) is 10.1 Å². The maximum absolute atomic E-state index is 11.9. The average Bonchev–Trinajstić information content (AvgIpc) is 2.49. The smallest absolute Gasteiger partial charge is 0.289 e. The number of nitro benzene ring substituents is 1. The molecule has 1 aromatic heterocycles. The van der Waals surface area contributed by atoms with E-state index in [9.17, 15) is 14.9 Å². The number of anilines is 2. The lowest BCUT2D eigenvalue weighted by Gasteiger charge is -2.05. The molecule has 0 atom stereocenters. The van der Waals surface area contributed by atoms with Crippen LogP contribution in [-0.4, -0.2) is 27.8 Å². The maximum Gasteiger partial charge on any atom is 0.289 e. The third-order valence-electron chi connectivity index (χ3n) is 2.54. The largest absolute Gasteiger partial charge is 0.372 e. The van der Waals surface area contributed by atoms with Gasteiger partial charge in [-0.3, -0.25) is 14.9 Å². The maximum atomic E-state index is 11.9. The molecule has 0 aliphatic rings. The Hall–Kier alpha value is -2.74. The summed E-state index contributed by atoms with van der Waals surface area (Å²) >= 11 is 5.69. The minimum absolute atomic E-state index is 0.00355. The van der Waals surface area contributed by atoms with Gasteiger partial charge in [0.1, 0.15) is 16.5 Å². The predicted octanol–water partition coefficient (Wildman–Crippen LogP) is 2.33. The molecule has 108 valence electrons. The topological polar surface area (TPSA) is 110 Å². The van der Waals surface area contributed by atoms with Crippen molar-refractivity contribution in [1.29, 1.82) is 0 Å². The van der Waals surface area contributed by atoms with Crippen molar-refractivity contribution in [2.45, 2.75) is 0 Å². The lowest BCUT2D eigenvalue weighted by Crippen LogP contribution is -2.14. The molecule has 0 fully saturated rings. The molecule has 21 heavy (non-hydrogen) atoms. The predicted molar refractivity (Wildman–Crippen MR) is 77.6 cm³/mol. The van der Waals surface area contributed by atoms with Crippen molar-refractivity contribution in [2.24, 2.45) is 0 Å². The highest BCUT2D eigenvalue weighted by Crippen LogP contribution is 2.27. The van der Waals surface area contributed by atoms with Gasteiger partial charge in [-0.25, -0.2) is 9.97 Å². The Morgan fingerprint density at radius 1 is 1.33 bits per heavy atom. The SMILES string of the molecule is CNc1cnc(C(=O)Nc2ccc(Cl)c([N+](=O)[O-])c2)cn1. The molecule has 2 N–H and O–H groups in total. The summed E-state index contributed by atoms with van der Waals surface area (Å²) in [6.07, 6.45) is 2.70. The zero-order valence-corrected chi connectivity index (χ0v) is 11.6. The molecule has 0 saturated heterocycles. The fourth-order valence-corrected chi connectivity index (χ4v) is 1.69. The van der Waals surface area contributed by atoms with Crippen LogP contribution in [0.3, 0.4) is 0 Å². The number of nitrogens with one attached hydrogen (secondary N) is 2. The molecule has 0 spiro atoms. The Bertz CT molecular complexity index is 690. The van der Waals surface area contributed by atoms with Crippen LogP contribution in [0.4, 0.5) is 17.2 Å². The van der Waals surface area contributed by atoms with E-state index in [0.29, 0.717) is 5.82 Å². The number of amides is 1. The lowest BCUT2D eigenvalue weighted by atomic mass is 10.2. The van der Waals surface area contributed by atoms with Gasteiger partial charge in [-0.2, -0.15) is 0 Å². The number of rotatable bonds is 4. The van der Waals surface area contributed by atoms with Gasteiger partial charge in [-0.1, -0.05) is 11.6 Å². The van der Waals surface area contributed by atoms with E-state index < -0.39 is 10.8 Å². The number of halogens is 1. The van der Waals surface area contributed by atoms with E-state index >= 15 is 0 Å². The fourth-order valence-electron chi connectivity index (χ4n) is 1.50. The van der Waals surface area contributed by atoms with Gasteiger partial charge < -0.3 is 10.6 Å². The van der Waals surface area contributed by atoms with Gasteiger partial charge in [0.2, 0.25) is 0 Å². The van der Waals surface area contributed by atoms with Crippen molar-refractivity contribution in [3.05, 3.63) is 51.4 Å².